The normalized spacial score (nSPS) is 24.7. The fourth-order valence-corrected chi connectivity index (χ4v) is 2.67. The molecule has 1 heterocycles. The van der Waals surface area contributed by atoms with Crippen LogP contribution in [0.15, 0.2) is 0 Å². The minimum absolute atomic E-state index is 0.274. The number of rotatable bonds is 1. The van der Waals surface area contributed by atoms with Crippen molar-refractivity contribution in [2.75, 3.05) is 5.73 Å². The van der Waals surface area contributed by atoms with E-state index in [4.69, 9.17) is 17.3 Å². The van der Waals surface area contributed by atoms with E-state index in [1.54, 1.807) is 0 Å². The molecule has 1 fully saturated rings. The van der Waals surface area contributed by atoms with Crippen LogP contribution in [0.25, 0.3) is 0 Å². The number of nitrogen functional groups attached to an aromatic ring is 1. The van der Waals surface area contributed by atoms with E-state index in [1.165, 1.54) is 12.8 Å². The molecule has 1 unspecified atom stereocenters. The SMILES string of the molecule is Cc1nn(C2CCCC2(C)C)c(N)c1Cl. The monoisotopic (exact) mass is 227 g/mol. The highest BCUT2D eigenvalue weighted by molar-refractivity contribution is 6.33. The van der Waals surface area contributed by atoms with Crippen molar-refractivity contribution >= 4 is 17.4 Å². The summed E-state index contributed by atoms with van der Waals surface area (Å²) in [6, 6.07) is 0.392. The van der Waals surface area contributed by atoms with Crippen LogP contribution in [-0.4, -0.2) is 9.78 Å². The van der Waals surface area contributed by atoms with Gasteiger partial charge in [-0.15, -0.1) is 0 Å². The van der Waals surface area contributed by atoms with Gasteiger partial charge in [-0.05, 0) is 25.2 Å². The highest BCUT2D eigenvalue weighted by Gasteiger charge is 2.37. The molecule has 0 radical (unpaired) electrons. The highest BCUT2D eigenvalue weighted by atomic mass is 35.5. The summed E-state index contributed by atoms with van der Waals surface area (Å²) < 4.78 is 1.92. The Kier molecular flexibility index (Phi) is 2.45. The average molecular weight is 228 g/mol. The zero-order valence-electron chi connectivity index (χ0n) is 9.55. The first-order chi connectivity index (χ1) is 6.93. The molecule has 1 aromatic heterocycles. The molecule has 1 aliphatic rings. The van der Waals surface area contributed by atoms with Gasteiger partial charge < -0.3 is 5.73 Å². The van der Waals surface area contributed by atoms with E-state index in [0.29, 0.717) is 16.9 Å². The van der Waals surface area contributed by atoms with E-state index in [-0.39, 0.29) is 5.41 Å². The molecule has 1 saturated carbocycles. The molecule has 0 saturated heterocycles. The molecule has 1 aliphatic carbocycles. The van der Waals surface area contributed by atoms with Crippen LogP contribution in [0.4, 0.5) is 5.82 Å². The topological polar surface area (TPSA) is 43.8 Å². The Morgan fingerprint density at radius 1 is 1.53 bits per heavy atom. The lowest BCUT2D eigenvalue weighted by Gasteiger charge is -2.27. The molecule has 0 spiro atoms. The third kappa shape index (κ3) is 1.63. The van der Waals surface area contributed by atoms with Gasteiger partial charge >= 0.3 is 0 Å². The summed E-state index contributed by atoms with van der Waals surface area (Å²) in [6.45, 7) is 6.45. The maximum Gasteiger partial charge on any atom is 0.141 e. The molecule has 0 amide bonds. The van der Waals surface area contributed by atoms with Crippen molar-refractivity contribution in [1.29, 1.82) is 0 Å². The van der Waals surface area contributed by atoms with Gasteiger partial charge in [-0.25, -0.2) is 4.68 Å². The van der Waals surface area contributed by atoms with Gasteiger partial charge in [-0.1, -0.05) is 31.9 Å². The number of aryl methyl sites for hydroxylation is 1. The number of hydrogen-bond acceptors (Lipinski definition) is 2. The number of anilines is 1. The molecule has 1 aromatic rings. The predicted molar refractivity (Wildman–Crippen MR) is 63.1 cm³/mol. The van der Waals surface area contributed by atoms with E-state index in [2.05, 4.69) is 18.9 Å². The Bertz CT molecular complexity index is 381. The summed E-state index contributed by atoms with van der Waals surface area (Å²) >= 11 is 6.06. The number of hydrogen-bond donors (Lipinski definition) is 1. The van der Waals surface area contributed by atoms with Gasteiger partial charge in [0.1, 0.15) is 10.8 Å². The van der Waals surface area contributed by atoms with Crippen molar-refractivity contribution in [2.24, 2.45) is 5.41 Å². The largest absolute Gasteiger partial charge is 0.383 e. The lowest BCUT2D eigenvalue weighted by Crippen LogP contribution is -2.23. The molecular weight excluding hydrogens is 210 g/mol. The zero-order chi connectivity index (χ0) is 11.2. The zero-order valence-corrected chi connectivity index (χ0v) is 10.3. The van der Waals surface area contributed by atoms with Gasteiger partial charge in [-0.2, -0.15) is 5.10 Å². The van der Waals surface area contributed by atoms with Gasteiger partial charge in [0, 0.05) is 0 Å². The van der Waals surface area contributed by atoms with Gasteiger partial charge in [0.2, 0.25) is 0 Å². The standard InChI is InChI=1S/C11H18ClN3/c1-7-9(12)10(13)15(14-7)8-5-4-6-11(8,2)3/h8H,4-6,13H2,1-3H3. The van der Waals surface area contributed by atoms with Crippen LogP contribution in [0.3, 0.4) is 0 Å². The fraction of sp³-hybridized carbons (Fsp3) is 0.727. The van der Waals surface area contributed by atoms with Crippen LogP contribution in [0.1, 0.15) is 44.8 Å². The number of halogens is 1. The van der Waals surface area contributed by atoms with E-state index in [9.17, 15) is 0 Å². The van der Waals surface area contributed by atoms with Crippen LogP contribution < -0.4 is 5.73 Å². The second-order valence-electron chi connectivity index (χ2n) is 5.13. The Labute approximate surface area is 95.6 Å². The molecule has 2 rings (SSSR count). The first kappa shape index (κ1) is 10.8. The second-order valence-corrected chi connectivity index (χ2v) is 5.50. The van der Waals surface area contributed by atoms with Crippen LogP contribution >= 0.6 is 11.6 Å². The van der Waals surface area contributed by atoms with E-state index in [0.717, 1.165) is 12.1 Å². The maximum absolute atomic E-state index is 6.06. The second kappa shape index (κ2) is 3.41. The summed E-state index contributed by atoms with van der Waals surface area (Å²) in [5, 5.41) is 5.06. The summed E-state index contributed by atoms with van der Waals surface area (Å²) in [5.41, 5.74) is 7.08. The van der Waals surface area contributed by atoms with Gasteiger partial charge in [0.05, 0.1) is 11.7 Å². The van der Waals surface area contributed by atoms with Gasteiger partial charge in [0.25, 0.3) is 0 Å². The summed E-state index contributed by atoms with van der Waals surface area (Å²) in [4.78, 5) is 0. The Hall–Kier alpha value is -0.700. The van der Waals surface area contributed by atoms with Crippen molar-refractivity contribution in [3.05, 3.63) is 10.7 Å². The van der Waals surface area contributed by atoms with Crippen LogP contribution in [0.5, 0.6) is 0 Å². The molecule has 4 heteroatoms. The van der Waals surface area contributed by atoms with Crippen molar-refractivity contribution in [3.8, 4) is 0 Å². The Morgan fingerprint density at radius 2 is 2.20 bits per heavy atom. The lowest BCUT2D eigenvalue weighted by atomic mass is 9.87. The molecule has 0 aromatic carbocycles. The summed E-state index contributed by atoms with van der Waals surface area (Å²) in [7, 11) is 0. The van der Waals surface area contributed by atoms with Crippen LogP contribution in [0, 0.1) is 12.3 Å². The number of nitrogens with two attached hydrogens (primary N) is 1. The smallest absolute Gasteiger partial charge is 0.141 e. The van der Waals surface area contributed by atoms with Crippen molar-refractivity contribution in [3.63, 3.8) is 0 Å². The van der Waals surface area contributed by atoms with Gasteiger partial charge in [0.15, 0.2) is 0 Å². The minimum Gasteiger partial charge on any atom is -0.383 e. The molecular formula is C11H18ClN3. The third-order valence-corrected chi connectivity index (χ3v) is 4.01. The molecule has 0 aliphatic heterocycles. The Morgan fingerprint density at radius 3 is 2.60 bits per heavy atom. The van der Waals surface area contributed by atoms with Crippen molar-refractivity contribution in [2.45, 2.75) is 46.1 Å². The van der Waals surface area contributed by atoms with E-state index >= 15 is 0 Å². The van der Waals surface area contributed by atoms with Crippen molar-refractivity contribution in [1.82, 2.24) is 9.78 Å². The summed E-state index contributed by atoms with van der Waals surface area (Å²) in [6.07, 6.45) is 3.62. The molecule has 3 nitrogen and oxygen atoms in total. The van der Waals surface area contributed by atoms with Crippen molar-refractivity contribution < 1.29 is 0 Å². The first-order valence-electron chi connectivity index (χ1n) is 5.43. The van der Waals surface area contributed by atoms with Crippen LogP contribution in [-0.2, 0) is 0 Å². The fourth-order valence-electron chi connectivity index (χ4n) is 2.54. The molecule has 0 bridgehead atoms. The van der Waals surface area contributed by atoms with Crippen LogP contribution in [0.2, 0.25) is 5.02 Å². The molecule has 15 heavy (non-hydrogen) atoms. The average Bonchev–Trinajstić information content (AvgIpc) is 2.61. The van der Waals surface area contributed by atoms with Gasteiger partial charge in [-0.3, -0.25) is 0 Å². The molecule has 2 N–H and O–H groups in total. The molecule has 84 valence electrons. The lowest BCUT2D eigenvalue weighted by molar-refractivity contribution is 0.246. The Balaban J connectivity index is 2.42. The number of nitrogens with zero attached hydrogens (tertiary/aromatic N) is 2. The van der Waals surface area contributed by atoms with E-state index in [1.807, 2.05) is 11.6 Å². The molecule has 1 atom stereocenters. The number of aromatic nitrogens is 2. The summed E-state index contributed by atoms with van der Waals surface area (Å²) in [5.74, 6) is 0.620. The maximum atomic E-state index is 6.06. The minimum atomic E-state index is 0.274. The predicted octanol–water partition coefficient (Wildman–Crippen LogP) is 3.18. The first-order valence-corrected chi connectivity index (χ1v) is 5.81. The quantitative estimate of drug-likeness (QED) is 0.801. The van der Waals surface area contributed by atoms with E-state index < -0.39 is 0 Å². The third-order valence-electron chi connectivity index (χ3n) is 3.54. The highest BCUT2D eigenvalue weighted by Crippen LogP contribution is 2.47.